The molecule has 0 unspecified atom stereocenters. The number of carbonyl (C=O) groups excluding carboxylic acids is 1. The summed E-state index contributed by atoms with van der Waals surface area (Å²) in [5.41, 5.74) is -0.102. The van der Waals surface area contributed by atoms with Crippen molar-refractivity contribution in [3.63, 3.8) is 0 Å². The maximum Gasteiger partial charge on any atom is 0.332 e. The van der Waals surface area contributed by atoms with Crippen molar-refractivity contribution in [2.75, 3.05) is 13.1 Å². The van der Waals surface area contributed by atoms with Crippen molar-refractivity contribution in [3.05, 3.63) is 32.3 Å². The molecule has 0 saturated carbocycles. The molecular weight excluding hydrogens is 338 g/mol. The fourth-order valence-electron chi connectivity index (χ4n) is 2.86. The number of rotatable bonds is 8. The predicted octanol–water partition coefficient (Wildman–Crippen LogP) is 2.53. The molecule has 2 aromatic heterocycles. The van der Waals surface area contributed by atoms with E-state index in [4.69, 9.17) is 0 Å². The Balaban J connectivity index is 2.46. The highest BCUT2D eigenvalue weighted by Gasteiger charge is 2.19. The van der Waals surface area contributed by atoms with Gasteiger partial charge in [0.2, 0.25) is 5.91 Å². The molecule has 0 aliphatic heterocycles. The van der Waals surface area contributed by atoms with Gasteiger partial charge in [-0.25, -0.2) is 4.79 Å². The van der Waals surface area contributed by atoms with Gasteiger partial charge >= 0.3 is 5.69 Å². The average Bonchev–Trinajstić information content (AvgIpc) is 3.05. The highest BCUT2D eigenvalue weighted by atomic mass is 32.1. The van der Waals surface area contributed by atoms with E-state index in [0.717, 1.165) is 12.8 Å². The van der Waals surface area contributed by atoms with Crippen LogP contribution in [0.2, 0.25) is 0 Å². The monoisotopic (exact) mass is 365 g/mol. The third-order valence-electron chi connectivity index (χ3n) is 4.19. The standard InChI is InChI=1S/C18H27N3O3S/c1-5-7-9-19(6-2)15(22)12-20-14-8-10-25-16(14)17(23)21(18(20)24)11-13(3)4/h8,10,13H,5-7,9,11-12H2,1-4H3. The minimum Gasteiger partial charge on any atom is -0.341 e. The average molecular weight is 365 g/mol. The van der Waals surface area contributed by atoms with E-state index in [2.05, 4.69) is 6.92 Å². The van der Waals surface area contributed by atoms with Crippen LogP contribution in [-0.2, 0) is 17.9 Å². The molecule has 2 heterocycles. The first-order valence-electron chi connectivity index (χ1n) is 8.89. The van der Waals surface area contributed by atoms with Crippen LogP contribution in [0.3, 0.4) is 0 Å². The van der Waals surface area contributed by atoms with Gasteiger partial charge in [-0.1, -0.05) is 27.2 Å². The zero-order valence-corrected chi connectivity index (χ0v) is 16.3. The van der Waals surface area contributed by atoms with Crippen LogP contribution in [0.4, 0.5) is 0 Å². The smallest absolute Gasteiger partial charge is 0.332 e. The van der Waals surface area contributed by atoms with Gasteiger partial charge in [0.1, 0.15) is 11.2 Å². The lowest BCUT2D eigenvalue weighted by Crippen LogP contribution is -2.44. The summed E-state index contributed by atoms with van der Waals surface area (Å²) in [6.45, 7) is 9.59. The van der Waals surface area contributed by atoms with Crippen molar-refractivity contribution in [2.24, 2.45) is 5.92 Å². The summed E-state index contributed by atoms with van der Waals surface area (Å²) in [7, 11) is 0. The lowest BCUT2D eigenvalue weighted by atomic mass is 10.2. The Bertz CT molecular complexity index is 847. The fourth-order valence-corrected chi connectivity index (χ4v) is 3.70. The molecule has 0 aromatic carbocycles. The van der Waals surface area contributed by atoms with Gasteiger partial charge < -0.3 is 4.90 Å². The van der Waals surface area contributed by atoms with Gasteiger partial charge in [0.25, 0.3) is 5.56 Å². The van der Waals surface area contributed by atoms with Crippen molar-refractivity contribution in [1.82, 2.24) is 14.0 Å². The van der Waals surface area contributed by atoms with Crippen LogP contribution in [0.5, 0.6) is 0 Å². The summed E-state index contributed by atoms with van der Waals surface area (Å²) < 4.78 is 3.25. The first-order valence-corrected chi connectivity index (χ1v) is 9.77. The summed E-state index contributed by atoms with van der Waals surface area (Å²) in [6.07, 6.45) is 1.95. The minimum atomic E-state index is -0.399. The molecule has 0 atom stereocenters. The number of hydrogen-bond donors (Lipinski definition) is 0. The summed E-state index contributed by atoms with van der Waals surface area (Å²) >= 11 is 1.32. The Kier molecular flexibility index (Phi) is 6.58. The van der Waals surface area contributed by atoms with E-state index in [0.29, 0.717) is 29.9 Å². The van der Waals surface area contributed by atoms with Crippen LogP contribution in [0.15, 0.2) is 21.0 Å². The Hall–Kier alpha value is -1.89. The Labute approximate surface area is 151 Å². The van der Waals surface area contributed by atoms with Crippen LogP contribution < -0.4 is 11.2 Å². The predicted molar refractivity (Wildman–Crippen MR) is 102 cm³/mol. The summed E-state index contributed by atoms with van der Waals surface area (Å²) in [6, 6.07) is 1.75. The van der Waals surface area contributed by atoms with Crippen LogP contribution in [0, 0.1) is 5.92 Å². The molecule has 0 aliphatic carbocycles. The largest absolute Gasteiger partial charge is 0.341 e. The number of carbonyl (C=O) groups is 1. The highest BCUT2D eigenvalue weighted by molar-refractivity contribution is 7.17. The maximum absolute atomic E-state index is 12.9. The van der Waals surface area contributed by atoms with E-state index < -0.39 is 5.69 Å². The van der Waals surface area contributed by atoms with Gasteiger partial charge in [-0.2, -0.15) is 0 Å². The highest BCUT2D eigenvalue weighted by Crippen LogP contribution is 2.15. The van der Waals surface area contributed by atoms with E-state index in [1.807, 2.05) is 20.8 Å². The van der Waals surface area contributed by atoms with E-state index in [1.54, 1.807) is 16.3 Å². The molecule has 7 heteroatoms. The van der Waals surface area contributed by atoms with Gasteiger partial charge in [0, 0.05) is 19.6 Å². The number of fused-ring (bicyclic) bond motifs is 1. The number of likely N-dealkylation sites (N-methyl/N-ethyl adjacent to an activating group) is 1. The van der Waals surface area contributed by atoms with Crippen molar-refractivity contribution in [3.8, 4) is 0 Å². The van der Waals surface area contributed by atoms with Gasteiger partial charge in [0.15, 0.2) is 0 Å². The molecule has 0 saturated heterocycles. The number of nitrogens with zero attached hydrogens (tertiary/aromatic N) is 3. The van der Waals surface area contributed by atoms with E-state index in [9.17, 15) is 14.4 Å². The van der Waals surface area contributed by atoms with Crippen molar-refractivity contribution in [1.29, 1.82) is 0 Å². The molecular formula is C18H27N3O3S. The maximum atomic E-state index is 12.9. The molecule has 0 spiro atoms. The van der Waals surface area contributed by atoms with Gasteiger partial charge in [-0.15, -0.1) is 11.3 Å². The lowest BCUT2D eigenvalue weighted by Gasteiger charge is -2.22. The zero-order chi connectivity index (χ0) is 18.6. The number of amides is 1. The number of aromatic nitrogens is 2. The van der Waals surface area contributed by atoms with Crippen LogP contribution in [0.25, 0.3) is 10.2 Å². The van der Waals surface area contributed by atoms with Crippen molar-refractivity contribution in [2.45, 2.75) is 53.6 Å². The van der Waals surface area contributed by atoms with Crippen molar-refractivity contribution < 1.29 is 4.79 Å². The van der Waals surface area contributed by atoms with Gasteiger partial charge in [0.05, 0.1) is 5.52 Å². The van der Waals surface area contributed by atoms with Crippen LogP contribution in [-0.4, -0.2) is 33.0 Å². The summed E-state index contributed by atoms with van der Waals surface area (Å²) in [5, 5.41) is 1.79. The fraction of sp³-hybridized carbons (Fsp3) is 0.611. The van der Waals surface area contributed by atoms with Crippen LogP contribution >= 0.6 is 11.3 Å². The van der Waals surface area contributed by atoms with Gasteiger partial charge in [-0.05, 0) is 30.7 Å². The number of hydrogen-bond acceptors (Lipinski definition) is 4. The topological polar surface area (TPSA) is 64.3 Å². The molecule has 138 valence electrons. The normalized spacial score (nSPS) is 11.4. The summed E-state index contributed by atoms with van der Waals surface area (Å²) in [4.78, 5) is 39.9. The van der Waals surface area contributed by atoms with Gasteiger partial charge in [-0.3, -0.25) is 18.7 Å². The quantitative estimate of drug-likeness (QED) is 0.722. The summed E-state index contributed by atoms with van der Waals surface area (Å²) in [5.74, 6) is 0.0870. The minimum absolute atomic E-state index is 0.0258. The molecule has 25 heavy (non-hydrogen) atoms. The third kappa shape index (κ3) is 4.21. The van der Waals surface area contributed by atoms with E-state index in [-0.39, 0.29) is 23.9 Å². The molecule has 0 aliphatic rings. The Morgan fingerprint density at radius 3 is 2.56 bits per heavy atom. The third-order valence-corrected chi connectivity index (χ3v) is 5.09. The number of thiophene rings is 1. The zero-order valence-electron chi connectivity index (χ0n) is 15.4. The Morgan fingerprint density at radius 1 is 1.24 bits per heavy atom. The SMILES string of the molecule is CCCCN(CC)C(=O)Cn1c(=O)n(CC(C)C)c(=O)c2sccc21. The van der Waals surface area contributed by atoms with E-state index in [1.165, 1.54) is 20.5 Å². The molecule has 6 nitrogen and oxygen atoms in total. The lowest BCUT2D eigenvalue weighted by molar-refractivity contribution is -0.131. The van der Waals surface area contributed by atoms with Crippen LogP contribution in [0.1, 0.15) is 40.5 Å². The molecule has 2 rings (SSSR count). The van der Waals surface area contributed by atoms with Crippen molar-refractivity contribution >= 4 is 27.5 Å². The Morgan fingerprint density at radius 2 is 1.96 bits per heavy atom. The number of unbranched alkanes of at least 4 members (excludes halogenated alkanes) is 1. The first kappa shape index (κ1) is 19.4. The molecule has 0 N–H and O–H groups in total. The second kappa shape index (κ2) is 8.47. The molecule has 2 aromatic rings. The molecule has 1 amide bonds. The molecule has 0 bridgehead atoms. The van der Waals surface area contributed by atoms with E-state index >= 15 is 0 Å². The second-order valence-electron chi connectivity index (χ2n) is 6.64. The molecule has 0 fully saturated rings. The first-order chi connectivity index (χ1) is 11.9. The molecule has 0 radical (unpaired) electrons. The second-order valence-corrected chi connectivity index (χ2v) is 7.56.